The van der Waals surface area contributed by atoms with Crippen LogP contribution in [0, 0.1) is 0 Å². The number of hydrogen-bond donors (Lipinski definition) is 2. The second-order valence-corrected chi connectivity index (χ2v) is 9.08. The summed E-state index contributed by atoms with van der Waals surface area (Å²) in [5.74, 6) is 0.296. The first kappa shape index (κ1) is 18.8. The topological polar surface area (TPSA) is 96.9 Å². The van der Waals surface area contributed by atoms with Crippen LogP contribution >= 0.6 is 33.6 Å². The van der Waals surface area contributed by atoms with Crippen LogP contribution in [0.1, 0.15) is 5.69 Å². The van der Waals surface area contributed by atoms with Gasteiger partial charge in [-0.1, -0.05) is 41.4 Å². The van der Waals surface area contributed by atoms with E-state index in [1.165, 1.54) is 6.33 Å². The lowest BCUT2D eigenvalue weighted by Gasteiger charge is -2.21. The zero-order valence-electron chi connectivity index (χ0n) is 14.2. The van der Waals surface area contributed by atoms with Crippen molar-refractivity contribution >= 4 is 49.7 Å². The molecule has 1 aromatic carbocycles. The van der Waals surface area contributed by atoms with Gasteiger partial charge < -0.3 is 4.72 Å². The lowest BCUT2D eigenvalue weighted by atomic mass is 10.1. The third-order valence-corrected chi connectivity index (χ3v) is 6.96. The zero-order valence-corrected chi connectivity index (χ0v) is 16.6. The van der Waals surface area contributed by atoms with Gasteiger partial charge in [0, 0.05) is 28.2 Å². The van der Waals surface area contributed by atoms with Gasteiger partial charge in [0.05, 0.1) is 11.3 Å². The molecule has 0 aliphatic carbocycles. The molecule has 0 atom stereocenters. The largest absolute Gasteiger partial charge is 0.307 e. The van der Waals surface area contributed by atoms with Gasteiger partial charge in [-0.3, -0.25) is 14.6 Å². The van der Waals surface area contributed by atoms with E-state index in [1.54, 1.807) is 42.6 Å². The maximum Gasteiger partial charge on any atom is 0.287 e. The van der Waals surface area contributed by atoms with Crippen LogP contribution in [0.15, 0.2) is 55.0 Å². The number of nitrogens with zero attached hydrogens (tertiary/aromatic N) is 3. The van der Waals surface area contributed by atoms with Crippen molar-refractivity contribution in [2.75, 3.05) is 4.72 Å². The summed E-state index contributed by atoms with van der Waals surface area (Å²) in [5.41, 5.74) is 1.90. The van der Waals surface area contributed by atoms with Gasteiger partial charge in [-0.25, -0.2) is 14.7 Å². The van der Waals surface area contributed by atoms with Gasteiger partial charge in [-0.05, 0) is 29.8 Å². The Labute approximate surface area is 172 Å². The molecule has 0 spiro atoms. The number of hydrogen-bond acceptors (Lipinski definition) is 7. The number of aromatic nitrogens is 3. The molecule has 0 saturated carbocycles. The number of carbonyl (C=O) groups is 2. The van der Waals surface area contributed by atoms with Crippen LogP contribution in [-0.2, 0) is 16.1 Å². The minimum absolute atomic E-state index is 0.194. The molecule has 142 valence electrons. The van der Waals surface area contributed by atoms with E-state index in [0.717, 1.165) is 0 Å². The van der Waals surface area contributed by atoms with Gasteiger partial charge in [0.2, 0.25) is 0 Å². The molecule has 1 saturated heterocycles. The van der Waals surface area contributed by atoms with Gasteiger partial charge in [-0.2, -0.15) is 0 Å². The van der Waals surface area contributed by atoms with Gasteiger partial charge >= 0.3 is 0 Å². The lowest BCUT2D eigenvalue weighted by Crippen LogP contribution is -2.20. The van der Waals surface area contributed by atoms with Gasteiger partial charge in [0.15, 0.2) is 0 Å². The summed E-state index contributed by atoms with van der Waals surface area (Å²) < 4.78 is 6.03. The molecule has 1 fully saturated rings. The van der Waals surface area contributed by atoms with Crippen molar-refractivity contribution in [2.45, 2.75) is 6.54 Å². The predicted octanol–water partition coefficient (Wildman–Crippen LogP) is 3.75. The van der Waals surface area contributed by atoms with Crippen molar-refractivity contribution in [3.63, 3.8) is 0 Å². The Hall–Kier alpha value is -2.52. The molecule has 0 bridgehead atoms. The Kier molecular flexibility index (Phi) is 5.03. The highest BCUT2D eigenvalue weighted by Crippen LogP contribution is 2.61. The first-order chi connectivity index (χ1) is 13.5. The molecule has 1 aliphatic heterocycles. The Morgan fingerprint density at radius 2 is 1.68 bits per heavy atom. The predicted molar refractivity (Wildman–Crippen MR) is 110 cm³/mol. The minimum atomic E-state index is -2.59. The summed E-state index contributed by atoms with van der Waals surface area (Å²) in [7, 11) is -2.59. The summed E-state index contributed by atoms with van der Waals surface area (Å²) in [6.07, 6.45) is 2.92. The molecular formula is C18H13Cl2N5O2S. The molecule has 2 aromatic heterocycles. The average Bonchev–Trinajstić information content (AvgIpc) is 3.21. The van der Waals surface area contributed by atoms with Gasteiger partial charge in [0.25, 0.3) is 10.2 Å². The van der Waals surface area contributed by atoms with Crippen molar-refractivity contribution in [3.05, 3.63) is 70.9 Å². The van der Waals surface area contributed by atoms with Crippen molar-refractivity contribution in [1.29, 1.82) is 0 Å². The summed E-state index contributed by atoms with van der Waals surface area (Å²) >= 11 is 12.2. The number of halogens is 2. The standard InChI is InChI=1S/C18H13Cl2N5O2S/c19-12-6-4-11(5-7-12)14-15(20)22-10-23-16(14)25-28(17(26)18(28)27)24-9-13-3-1-2-8-21-13/h1-8,10,24H,9H2,(H,22,23,25). The molecule has 0 unspecified atom stereocenters. The van der Waals surface area contributed by atoms with E-state index >= 15 is 0 Å². The molecule has 2 N–H and O–H groups in total. The zero-order chi connectivity index (χ0) is 19.7. The summed E-state index contributed by atoms with van der Waals surface area (Å²) in [6.45, 7) is 0.260. The number of benzene rings is 1. The van der Waals surface area contributed by atoms with E-state index in [2.05, 4.69) is 24.4 Å². The maximum absolute atomic E-state index is 12.2. The average molecular weight is 434 g/mol. The Bertz CT molecular complexity index is 1050. The second-order valence-electron chi connectivity index (χ2n) is 5.83. The highest BCUT2D eigenvalue weighted by molar-refractivity contribution is 8.69. The van der Waals surface area contributed by atoms with E-state index in [-0.39, 0.29) is 11.7 Å². The molecule has 4 rings (SSSR count). The van der Waals surface area contributed by atoms with Crippen molar-refractivity contribution < 1.29 is 9.59 Å². The van der Waals surface area contributed by atoms with E-state index in [4.69, 9.17) is 23.2 Å². The quantitative estimate of drug-likeness (QED) is 0.347. The van der Waals surface area contributed by atoms with Crippen LogP contribution in [0.3, 0.4) is 0 Å². The Balaban J connectivity index is 1.65. The fraction of sp³-hybridized carbons (Fsp3) is 0.0556. The summed E-state index contributed by atoms with van der Waals surface area (Å²) in [5, 5.41) is -0.238. The van der Waals surface area contributed by atoms with E-state index in [0.29, 0.717) is 27.7 Å². The van der Waals surface area contributed by atoms with E-state index in [9.17, 15) is 9.59 Å². The van der Waals surface area contributed by atoms with Crippen molar-refractivity contribution in [1.82, 2.24) is 19.7 Å². The van der Waals surface area contributed by atoms with Crippen LogP contribution in [0.5, 0.6) is 0 Å². The van der Waals surface area contributed by atoms with Crippen LogP contribution in [0.25, 0.3) is 11.1 Å². The van der Waals surface area contributed by atoms with E-state index < -0.39 is 20.6 Å². The highest BCUT2D eigenvalue weighted by atomic mass is 35.5. The van der Waals surface area contributed by atoms with Crippen LogP contribution in [0.2, 0.25) is 10.2 Å². The molecule has 0 radical (unpaired) electrons. The lowest BCUT2D eigenvalue weighted by molar-refractivity contribution is -0.122. The summed E-state index contributed by atoms with van der Waals surface area (Å²) in [6, 6.07) is 12.4. The Morgan fingerprint density at radius 3 is 2.32 bits per heavy atom. The minimum Gasteiger partial charge on any atom is -0.307 e. The molecule has 28 heavy (non-hydrogen) atoms. The third-order valence-electron chi connectivity index (χ3n) is 4.06. The van der Waals surface area contributed by atoms with Crippen molar-refractivity contribution in [2.24, 2.45) is 0 Å². The smallest absolute Gasteiger partial charge is 0.287 e. The van der Waals surface area contributed by atoms with Gasteiger partial charge in [0.1, 0.15) is 17.3 Å². The van der Waals surface area contributed by atoms with Crippen LogP contribution < -0.4 is 9.44 Å². The van der Waals surface area contributed by atoms with Crippen molar-refractivity contribution in [3.8, 4) is 11.1 Å². The van der Waals surface area contributed by atoms with Crippen LogP contribution in [0.4, 0.5) is 5.82 Å². The number of carbonyl (C=O) groups excluding carboxylic acids is 2. The number of nitrogens with one attached hydrogen (secondary N) is 2. The number of pyridine rings is 1. The number of rotatable bonds is 6. The Morgan fingerprint density at radius 1 is 0.929 bits per heavy atom. The first-order valence-corrected chi connectivity index (χ1v) is 10.5. The fourth-order valence-corrected chi connectivity index (χ4v) is 4.90. The first-order valence-electron chi connectivity index (χ1n) is 8.12. The van der Waals surface area contributed by atoms with E-state index in [1.807, 2.05) is 6.07 Å². The maximum atomic E-state index is 12.2. The molecule has 1 aliphatic rings. The fourth-order valence-electron chi connectivity index (χ4n) is 2.59. The van der Waals surface area contributed by atoms with Gasteiger partial charge in [-0.15, -0.1) is 0 Å². The second kappa shape index (κ2) is 7.48. The SMILES string of the molecule is O=C1C(=O)S1(NCc1ccccn1)Nc1ncnc(Cl)c1-c1ccc(Cl)cc1. The molecule has 7 nitrogen and oxygen atoms in total. The highest BCUT2D eigenvalue weighted by Gasteiger charge is 2.62. The summed E-state index contributed by atoms with van der Waals surface area (Å²) in [4.78, 5) is 36.8. The molecule has 10 heteroatoms. The molecule has 3 heterocycles. The number of anilines is 1. The third kappa shape index (κ3) is 3.47. The monoisotopic (exact) mass is 433 g/mol. The molecular weight excluding hydrogens is 421 g/mol. The molecule has 3 aromatic rings. The molecule has 0 amide bonds. The van der Waals surface area contributed by atoms with Crippen LogP contribution in [-0.4, -0.2) is 25.2 Å². The normalized spacial score (nSPS) is 15.9.